The summed E-state index contributed by atoms with van der Waals surface area (Å²) in [5.74, 6) is -0.0779. The van der Waals surface area contributed by atoms with E-state index in [0.717, 1.165) is 5.75 Å². The van der Waals surface area contributed by atoms with Gasteiger partial charge in [-0.2, -0.15) is 0 Å². The fraction of sp³-hybridized carbons (Fsp3) is 0.0476. The minimum absolute atomic E-state index is 0.146. The SMILES string of the molecule is COC(=O)c1ccc(C(=O)O)cc1.NC1=[C+]C=CC=C1Oc1ccccc1. The van der Waals surface area contributed by atoms with Crippen molar-refractivity contribution < 1.29 is 24.2 Å². The molecule has 0 bridgehead atoms. The van der Waals surface area contributed by atoms with Gasteiger partial charge in [-0.25, -0.2) is 9.59 Å². The van der Waals surface area contributed by atoms with Gasteiger partial charge in [-0.3, -0.25) is 0 Å². The number of para-hydroxylation sites is 1. The summed E-state index contributed by atoms with van der Waals surface area (Å²) in [6.45, 7) is 0. The van der Waals surface area contributed by atoms with Crippen LogP contribution in [0.1, 0.15) is 20.7 Å². The van der Waals surface area contributed by atoms with Gasteiger partial charge in [0.15, 0.2) is 0 Å². The molecule has 136 valence electrons. The average molecular weight is 364 g/mol. The van der Waals surface area contributed by atoms with E-state index in [1.54, 1.807) is 6.08 Å². The molecule has 0 radical (unpaired) electrons. The molecule has 0 amide bonds. The lowest BCUT2D eigenvalue weighted by atomic mass is 10.1. The van der Waals surface area contributed by atoms with Gasteiger partial charge in [0, 0.05) is 0 Å². The lowest BCUT2D eigenvalue weighted by Gasteiger charge is -2.03. The highest BCUT2D eigenvalue weighted by Gasteiger charge is 2.14. The number of esters is 1. The van der Waals surface area contributed by atoms with Gasteiger partial charge < -0.3 is 20.3 Å². The maximum atomic E-state index is 10.9. The number of rotatable bonds is 4. The summed E-state index contributed by atoms with van der Waals surface area (Å²) in [6.07, 6.45) is 8.29. The van der Waals surface area contributed by atoms with Crippen molar-refractivity contribution in [3.8, 4) is 5.75 Å². The fourth-order valence-electron chi connectivity index (χ4n) is 2.01. The molecular weight excluding hydrogens is 346 g/mol. The molecule has 6 nitrogen and oxygen atoms in total. The van der Waals surface area contributed by atoms with Crippen LogP contribution in [0, 0.1) is 6.08 Å². The number of hydrogen-bond donors (Lipinski definition) is 2. The summed E-state index contributed by atoms with van der Waals surface area (Å²) in [5.41, 5.74) is 6.70. The number of methoxy groups -OCH3 is 1. The third-order valence-electron chi connectivity index (χ3n) is 3.37. The Balaban J connectivity index is 0.000000194. The van der Waals surface area contributed by atoms with E-state index in [4.69, 9.17) is 15.6 Å². The van der Waals surface area contributed by atoms with E-state index in [2.05, 4.69) is 10.8 Å². The van der Waals surface area contributed by atoms with Crippen molar-refractivity contribution in [3.63, 3.8) is 0 Å². The van der Waals surface area contributed by atoms with Crippen LogP contribution in [0.15, 0.2) is 84.3 Å². The zero-order chi connectivity index (χ0) is 19.6. The van der Waals surface area contributed by atoms with Gasteiger partial charge in [-0.1, -0.05) is 18.2 Å². The quantitative estimate of drug-likeness (QED) is 0.638. The maximum absolute atomic E-state index is 10.9. The molecule has 1 aliphatic carbocycles. The zero-order valence-electron chi connectivity index (χ0n) is 14.6. The number of carbonyl (C=O) groups is 2. The van der Waals surface area contributed by atoms with Gasteiger partial charge in [0.05, 0.1) is 36.5 Å². The molecule has 6 heteroatoms. The molecule has 0 unspecified atom stereocenters. The molecule has 0 aliphatic heterocycles. The summed E-state index contributed by atoms with van der Waals surface area (Å²) in [5, 5.41) is 8.56. The summed E-state index contributed by atoms with van der Waals surface area (Å²) in [6, 6.07) is 15.1. The highest BCUT2D eigenvalue weighted by atomic mass is 16.5. The number of ether oxygens (including phenoxy) is 2. The molecule has 3 rings (SSSR count). The van der Waals surface area contributed by atoms with Gasteiger partial charge in [0.2, 0.25) is 5.70 Å². The third-order valence-corrected chi connectivity index (χ3v) is 3.37. The second-order valence-electron chi connectivity index (χ2n) is 5.24. The second kappa shape index (κ2) is 9.56. The number of carboxylic acids is 1. The molecule has 0 aromatic heterocycles. The predicted octanol–water partition coefficient (Wildman–Crippen LogP) is 3.34. The number of benzene rings is 2. The summed E-state index contributed by atoms with van der Waals surface area (Å²) < 4.78 is 10.0. The van der Waals surface area contributed by atoms with Gasteiger partial charge in [-0.05, 0) is 36.4 Å². The highest BCUT2D eigenvalue weighted by molar-refractivity contribution is 5.92. The monoisotopic (exact) mass is 364 g/mol. The van der Waals surface area contributed by atoms with E-state index in [-0.39, 0.29) is 5.56 Å². The molecule has 0 heterocycles. The van der Waals surface area contributed by atoms with Gasteiger partial charge in [-0.15, -0.1) is 0 Å². The van der Waals surface area contributed by atoms with Crippen LogP contribution in [0.5, 0.6) is 5.75 Å². The van der Waals surface area contributed by atoms with Gasteiger partial charge >= 0.3 is 11.9 Å². The first-order valence-corrected chi connectivity index (χ1v) is 7.92. The molecule has 3 N–H and O–H groups in total. The van der Waals surface area contributed by atoms with Crippen molar-refractivity contribution >= 4 is 11.9 Å². The van der Waals surface area contributed by atoms with Crippen molar-refractivity contribution in [1.82, 2.24) is 0 Å². The highest BCUT2D eigenvalue weighted by Crippen LogP contribution is 2.17. The Morgan fingerprint density at radius 3 is 2.19 bits per heavy atom. The standard InChI is InChI=1S/C12H10NO.C9H8O4/c13-11-8-4-5-9-12(11)14-10-6-2-1-3-7-10;1-13-9(12)7-4-2-6(3-5-7)8(10)11/h1-7,9H,13H2;2-5H,1H3,(H,10,11)/q+1;. The smallest absolute Gasteiger partial charge is 0.337 e. The molecule has 0 saturated carbocycles. The number of nitrogens with two attached hydrogens (primary N) is 1. The summed E-state index contributed by atoms with van der Waals surface area (Å²) in [4.78, 5) is 21.4. The van der Waals surface area contributed by atoms with Crippen LogP contribution in [-0.2, 0) is 4.74 Å². The van der Waals surface area contributed by atoms with Crippen molar-refractivity contribution in [2.45, 2.75) is 0 Å². The largest absolute Gasteiger partial charge is 0.478 e. The van der Waals surface area contributed by atoms with Crippen molar-refractivity contribution in [2.24, 2.45) is 5.73 Å². The predicted molar refractivity (Wildman–Crippen MR) is 100.0 cm³/mol. The molecule has 0 saturated heterocycles. The Bertz CT molecular complexity index is 881. The lowest BCUT2D eigenvalue weighted by Crippen LogP contribution is -2.08. The van der Waals surface area contributed by atoms with Crippen molar-refractivity contribution in [1.29, 1.82) is 0 Å². The fourth-order valence-corrected chi connectivity index (χ4v) is 2.01. The van der Waals surface area contributed by atoms with Crippen LogP contribution in [0.25, 0.3) is 0 Å². The first-order chi connectivity index (χ1) is 13.0. The Hall–Kier alpha value is -3.89. The molecule has 27 heavy (non-hydrogen) atoms. The Kier molecular flexibility index (Phi) is 6.88. The zero-order valence-corrected chi connectivity index (χ0v) is 14.6. The van der Waals surface area contributed by atoms with Crippen LogP contribution in [0.2, 0.25) is 0 Å². The average Bonchev–Trinajstić information content (AvgIpc) is 2.70. The minimum atomic E-state index is -1.02. The van der Waals surface area contributed by atoms with Crippen molar-refractivity contribution in [2.75, 3.05) is 7.11 Å². The van der Waals surface area contributed by atoms with Crippen LogP contribution in [0.4, 0.5) is 0 Å². The molecule has 0 fully saturated rings. The third kappa shape index (κ3) is 5.85. The van der Waals surface area contributed by atoms with E-state index in [1.165, 1.54) is 31.4 Å². The molecule has 2 aromatic carbocycles. The van der Waals surface area contributed by atoms with E-state index in [1.807, 2.05) is 42.5 Å². The Labute approximate surface area is 156 Å². The molecule has 1 aliphatic rings. The Morgan fingerprint density at radius 2 is 1.63 bits per heavy atom. The van der Waals surface area contributed by atoms with E-state index in [9.17, 15) is 9.59 Å². The normalized spacial score (nSPS) is 11.7. The van der Waals surface area contributed by atoms with Crippen LogP contribution >= 0.6 is 0 Å². The van der Waals surface area contributed by atoms with E-state index in [0.29, 0.717) is 17.0 Å². The Morgan fingerprint density at radius 1 is 1.00 bits per heavy atom. The molecule has 0 atom stereocenters. The van der Waals surface area contributed by atoms with Crippen LogP contribution < -0.4 is 10.5 Å². The summed E-state index contributed by atoms with van der Waals surface area (Å²) in [7, 11) is 1.27. The second-order valence-corrected chi connectivity index (χ2v) is 5.24. The number of aromatic carboxylic acids is 1. The first-order valence-electron chi connectivity index (χ1n) is 7.92. The molecular formula is C21H18NO5+. The van der Waals surface area contributed by atoms with Crippen LogP contribution in [-0.4, -0.2) is 24.2 Å². The van der Waals surface area contributed by atoms with Crippen molar-refractivity contribution in [3.05, 3.63) is 101 Å². The van der Waals surface area contributed by atoms with E-state index >= 15 is 0 Å². The number of carboxylic acid groups (broad SMARTS) is 1. The summed E-state index contributed by atoms with van der Waals surface area (Å²) >= 11 is 0. The van der Waals surface area contributed by atoms with Crippen LogP contribution in [0.3, 0.4) is 0 Å². The number of carbonyl (C=O) groups excluding carboxylic acids is 1. The molecule has 0 spiro atoms. The molecule has 2 aromatic rings. The topological polar surface area (TPSA) is 98.9 Å². The maximum Gasteiger partial charge on any atom is 0.337 e. The lowest BCUT2D eigenvalue weighted by molar-refractivity contribution is 0.0598. The van der Waals surface area contributed by atoms with Gasteiger partial charge in [0.25, 0.3) is 5.76 Å². The number of allylic oxidation sites excluding steroid dienone is 4. The van der Waals surface area contributed by atoms with Gasteiger partial charge in [0.1, 0.15) is 11.8 Å². The van der Waals surface area contributed by atoms with E-state index < -0.39 is 11.9 Å². The minimum Gasteiger partial charge on any atom is -0.478 e. The first kappa shape index (κ1) is 19.4. The number of hydrogen-bond acceptors (Lipinski definition) is 5.